The fourth-order valence-electron chi connectivity index (χ4n) is 6.35. The standard InChI is InChI=1S/C23H32N2O3S/c1-25(17-23-14-19-11-20(15-23)13-21(12-19)16-23)22(26)7-9-24-29(27,28)10-8-18-5-3-2-4-6-18/h2-6,8,10,19-21,24H,7,9,11-17H2,1H3/b10-8+. The second-order valence-electron chi connectivity index (χ2n) is 9.57. The van der Waals surface area contributed by atoms with Crippen molar-refractivity contribution in [2.75, 3.05) is 20.1 Å². The van der Waals surface area contributed by atoms with Crippen LogP contribution in [0, 0.1) is 23.2 Å². The quantitative estimate of drug-likeness (QED) is 0.704. The first-order chi connectivity index (χ1) is 13.8. The van der Waals surface area contributed by atoms with Gasteiger partial charge in [0.1, 0.15) is 0 Å². The van der Waals surface area contributed by atoms with Crippen molar-refractivity contribution in [3.8, 4) is 0 Å². The molecule has 0 spiro atoms. The molecule has 4 fully saturated rings. The van der Waals surface area contributed by atoms with Gasteiger partial charge in [-0.25, -0.2) is 13.1 Å². The van der Waals surface area contributed by atoms with Gasteiger partial charge < -0.3 is 4.90 Å². The van der Waals surface area contributed by atoms with Gasteiger partial charge in [-0.2, -0.15) is 0 Å². The molecule has 1 aromatic carbocycles. The Morgan fingerprint density at radius 2 is 1.69 bits per heavy atom. The summed E-state index contributed by atoms with van der Waals surface area (Å²) in [6.07, 6.45) is 9.76. The van der Waals surface area contributed by atoms with Crippen LogP contribution in [0.5, 0.6) is 0 Å². The van der Waals surface area contributed by atoms with Gasteiger partial charge in [0.05, 0.1) is 0 Å². The van der Waals surface area contributed by atoms with Crippen LogP contribution in [0.2, 0.25) is 0 Å². The fourth-order valence-corrected chi connectivity index (χ4v) is 7.17. The van der Waals surface area contributed by atoms with Gasteiger partial charge in [-0.1, -0.05) is 30.3 Å². The van der Waals surface area contributed by atoms with E-state index in [0.717, 1.165) is 35.3 Å². The molecule has 0 aromatic heterocycles. The molecule has 0 aliphatic heterocycles. The van der Waals surface area contributed by atoms with Gasteiger partial charge in [0, 0.05) is 32.0 Å². The van der Waals surface area contributed by atoms with Gasteiger partial charge in [0.2, 0.25) is 15.9 Å². The number of carbonyl (C=O) groups excluding carboxylic acids is 1. The highest BCUT2D eigenvalue weighted by Crippen LogP contribution is 2.60. The van der Waals surface area contributed by atoms with Crippen LogP contribution in [0.1, 0.15) is 50.5 Å². The topological polar surface area (TPSA) is 66.5 Å². The molecule has 5 rings (SSSR count). The summed E-state index contributed by atoms with van der Waals surface area (Å²) >= 11 is 0. The molecule has 0 unspecified atom stereocenters. The molecule has 0 atom stereocenters. The average molecular weight is 417 g/mol. The SMILES string of the molecule is CN(CC12CC3CC(CC(C3)C1)C2)C(=O)CCNS(=O)(=O)/C=C/c1ccccc1. The van der Waals surface area contributed by atoms with Crippen LogP contribution in [0.3, 0.4) is 0 Å². The highest BCUT2D eigenvalue weighted by atomic mass is 32.2. The fraction of sp³-hybridized carbons (Fsp3) is 0.609. The first-order valence-electron chi connectivity index (χ1n) is 10.8. The molecule has 0 saturated heterocycles. The Morgan fingerprint density at radius 3 is 2.28 bits per heavy atom. The highest BCUT2D eigenvalue weighted by molar-refractivity contribution is 7.92. The highest BCUT2D eigenvalue weighted by Gasteiger charge is 2.51. The van der Waals surface area contributed by atoms with E-state index in [0.29, 0.717) is 5.41 Å². The minimum absolute atomic E-state index is 0.0236. The van der Waals surface area contributed by atoms with Crippen LogP contribution in [0.4, 0.5) is 0 Å². The summed E-state index contributed by atoms with van der Waals surface area (Å²) in [4.78, 5) is 14.5. The lowest BCUT2D eigenvalue weighted by Gasteiger charge is -2.57. The summed E-state index contributed by atoms with van der Waals surface area (Å²) in [5.74, 6) is 2.63. The van der Waals surface area contributed by atoms with E-state index >= 15 is 0 Å². The summed E-state index contributed by atoms with van der Waals surface area (Å²) in [6, 6.07) is 9.29. The molecule has 29 heavy (non-hydrogen) atoms. The first kappa shape index (κ1) is 20.6. The van der Waals surface area contributed by atoms with Gasteiger partial charge >= 0.3 is 0 Å². The summed E-state index contributed by atoms with van der Waals surface area (Å²) in [7, 11) is -1.67. The van der Waals surface area contributed by atoms with Crippen molar-refractivity contribution in [3.05, 3.63) is 41.3 Å². The van der Waals surface area contributed by atoms with Gasteiger partial charge in [0.15, 0.2) is 0 Å². The van der Waals surface area contributed by atoms with Gasteiger partial charge in [-0.3, -0.25) is 4.79 Å². The zero-order valence-corrected chi connectivity index (χ0v) is 18.0. The van der Waals surface area contributed by atoms with Crippen molar-refractivity contribution in [3.63, 3.8) is 0 Å². The molecule has 5 nitrogen and oxygen atoms in total. The summed E-state index contributed by atoms with van der Waals surface area (Å²) in [5, 5.41) is 1.16. The van der Waals surface area contributed by atoms with Crippen molar-refractivity contribution in [2.45, 2.75) is 44.9 Å². The Hall–Kier alpha value is -1.66. The molecule has 4 bridgehead atoms. The van der Waals surface area contributed by atoms with Crippen LogP contribution in [-0.2, 0) is 14.8 Å². The molecule has 1 N–H and O–H groups in total. The smallest absolute Gasteiger partial charge is 0.233 e. The van der Waals surface area contributed by atoms with Crippen LogP contribution in [-0.4, -0.2) is 39.4 Å². The summed E-state index contributed by atoms with van der Waals surface area (Å²) in [5.41, 5.74) is 1.14. The average Bonchev–Trinajstić information content (AvgIpc) is 2.65. The predicted molar refractivity (Wildman–Crippen MR) is 115 cm³/mol. The molecule has 1 amide bonds. The minimum Gasteiger partial charge on any atom is -0.345 e. The van der Waals surface area contributed by atoms with Gasteiger partial charge in [-0.15, -0.1) is 0 Å². The third-order valence-corrected chi connectivity index (χ3v) is 8.15. The number of benzene rings is 1. The molecule has 4 aliphatic rings. The summed E-state index contributed by atoms with van der Waals surface area (Å²) in [6.45, 7) is 0.960. The van der Waals surface area contributed by atoms with Crippen molar-refractivity contribution in [1.29, 1.82) is 0 Å². The van der Waals surface area contributed by atoms with Crippen molar-refractivity contribution in [2.24, 2.45) is 23.2 Å². The Morgan fingerprint density at radius 1 is 1.10 bits per heavy atom. The predicted octanol–water partition coefficient (Wildman–Crippen LogP) is 3.64. The maximum atomic E-state index is 12.6. The van der Waals surface area contributed by atoms with Crippen LogP contribution >= 0.6 is 0 Å². The zero-order chi connectivity index (χ0) is 20.5. The second-order valence-corrected chi connectivity index (χ2v) is 11.2. The molecule has 4 aliphatic carbocycles. The lowest BCUT2D eigenvalue weighted by molar-refractivity contribution is -0.135. The second kappa shape index (κ2) is 8.23. The van der Waals surface area contributed by atoms with Crippen LogP contribution < -0.4 is 4.72 Å². The number of sulfonamides is 1. The van der Waals surface area contributed by atoms with Crippen molar-refractivity contribution >= 4 is 22.0 Å². The lowest BCUT2D eigenvalue weighted by Crippen LogP contribution is -2.51. The number of nitrogens with zero attached hydrogens (tertiary/aromatic N) is 1. The number of hydrogen-bond acceptors (Lipinski definition) is 3. The zero-order valence-electron chi connectivity index (χ0n) is 17.2. The maximum absolute atomic E-state index is 12.6. The number of hydrogen-bond donors (Lipinski definition) is 1. The van der Waals surface area contributed by atoms with E-state index in [9.17, 15) is 13.2 Å². The number of carbonyl (C=O) groups is 1. The third-order valence-electron chi connectivity index (χ3n) is 7.04. The van der Waals surface area contributed by atoms with E-state index in [-0.39, 0.29) is 18.9 Å². The van der Waals surface area contributed by atoms with Crippen molar-refractivity contribution < 1.29 is 13.2 Å². The van der Waals surface area contributed by atoms with Gasteiger partial charge in [0.25, 0.3) is 0 Å². The number of amides is 1. The first-order valence-corrected chi connectivity index (χ1v) is 12.3. The van der Waals surface area contributed by atoms with E-state index in [1.807, 2.05) is 42.3 Å². The van der Waals surface area contributed by atoms with E-state index in [1.165, 1.54) is 38.5 Å². The molecule has 0 radical (unpaired) electrons. The summed E-state index contributed by atoms with van der Waals surface area (Å²) < 4.78 is 26.8. The van der Waals surface area contributed by atoms with Gasteiger partial charge in [-0.05, 0) is 73.3 Å². The normalized spacial score (nSPS) is 30.7. The molecule has 4 saturated carbocycles. The maximum Gasteiger partial charge on any atom is 0.233 e. The molecule has 158 valence electrons. The Bertz CT molecular complexity index is 828. The van der Waals surface area contributed by atoms with E-state index < -0.39 is 10.0 Å². The molecule has 0 heterocycles. The molecular formula is C23H32N2O3S. The Balaban J connectivity index is 1.25. The number of nitrogens with one attached hydrogen (secondary N) is 1. The number of rotatable bonds is 8. The Kier molecular flexibility index (Phi) is 5.85. The van der Waals surface area contributed by atoms with Crippen LogP contribution in [0.25, 0.3) is 6.08 Å². The monoisotopic (exact) mass is 416 g/mol. The molecule has 1 aromatic rings. The minimum atomic E-state index is -3.55. The van der Waals surface area contributed by atoms with E-state index in [2.05, 4.69) is 4.72 Å². The van der Waals surface area contributed by atoms with Crippen LogP contribution in [0.15, 0.2) is 35.7 Å². The van der Waals surface area contributed by atoms with Crippen molar-refractivity contribution in [1.82, 2.24) is 9.62 Å². The lowest BCUT2D eigenvalue weighted by atomic mass is 9.49. The third kappa shape index (κ3) is 5.10. The van der Waals surface area contributed by atoms with E-state index in [1.54, 1.807) is 6.08 Å². The Labute approximate surface area is 174 Å². The largest absolute Gasteiger partial charge is 0.345 e. The molecule has 6 heteroatoms. The molecular weight excluding hydrogens is 384 g/mol. The van der Waals surface area contributed by atoms with E-state index in [4.69, 9.17) is 0 Å².